The molecule has 0 aliphatic heterocycles. The molecule has 0 aromatic carbocycles. The molecule has 1 amide bonds. The average molecular weight is 330 g/mol. The molecule has 2 atom stereocenters. The molecule has 7 heteroatoms. The second-order valence-corrected chi connectivity index (χ2v) is 6.36. The summed E-state index contributed by atoms with van der Waals surface area (Å²) in [6.07, 6.45) is 7.75. The van der Waals surface area contributed by atoms with Crippen LogP contribution in [-0.2, 0) is 9.53 Å². The Hall–Kier alpha value is -2.44. The minimum atomic E-state index is -0.576. The lowest BCUT2D eigenvalue weighted by Crippen LogP contribution is -2.42. The van der Waals surface area contributed by atoms with Gasteiger partial charge >= 0.3 is 5.97 Å². The van der Waals surface area contributed by atoms with Crippen LogP contribution in [0.15, 0.2) is 18.5 Å². The maximum Gasteiger partial charge on any atom is 0.344 e. The van der Waals surface area contributed by atoms with Gasteiger partial charge in [-0.25, -0.2) is 14.3 Å². The van der Waals surface area contributed by atoms with Gasteiger partial charge in [0.2, 0.25) is 0 Å². The Morgan fingerprint density at radius 3 is 2.96 bits per heavy atom. The van der Waals surface area contributed by atoms with Crippen LogP contribution in [0.4, 0.5) is 0 Å². The van der Waals surface area contributed by atoms with Crippen molar-refractivity contribution in [3.05, 3.63) is 29.7 Å². The predicted octanol–water partition coefficient (Wildman–Crippen LogP) is 1.89. The highest BCUT2D eigenvalue weighted by atomic mass is 16.5. The standard InChI is InChI=1S/C17H22N4O3/c1-11-6-3-4-7-13(11)19-14(22)10-24-17(23)15-12(2)20-21-9-5-8-18-16(15)21/h5,8-9,11,13H,3-4,6-7,10H2,1-2H3,(H,19,22). The third-order valence-electron chi connectivity index (χ3n) is 4.57. The number of nitrogens with zero attached hydrogens (tertiary/aromatic N) is 3. The molecule has 1 aliphatic carbocycles. The summed E-state index contributed by atoms with van der Waals surface area (Å²) in [5.74, 6) is -0.373. The second kappa shape index (κ2) is 6.98. The lowest BCUT2D eigenvalue weighted by molar-refractivity contribution is -0.125. The van der Waals surface area contributed by atoms with Crippen molar-refractivity contribution in [1.82, 2.24) is 19.9 Å². The number of carbonyl (C=O) groups excluding carboxylic acids is 2. The number of aryl methyl sites for hydroxylation is 1. The van der Waals surface area contributed by atoms with Gasteiger partial charge in [0.25, 0.3) is 5.91 Å². The number of amides is 1. The maximum absolute atomic E-state index is 12.3. The van der Waals surface area contributed by atoms with E-state index in [0.29, 0.717) is 22.8 Å². The van der Waals surface area contributed by atoms with Crippen molar-refractivity contribution in [2.45, 2.75) is 45.6 Å². The summed E-state index contributed by atoms with van der Waals surface area (Å²) in [4.78, 5) is 28.5. The Morgan fingerprint density at radius 2 is 2.17 bits per heavy atom. The van der Waals surface area contributed by atoms with Gasteiger partial charge in [0.15, 0.2) is 12.3 Å². The number of carbonyl (C=O) groups is 2. The molecule has 1 N–H and O–H groups in total. The summed E-state index contributed by atoms with van der Waals surface area (Å²) in [7, 11) is 0. The number of aromatic nitrogens is 3. The first-order valence-electron chi connectivity index (χ1n) is 8.32. The van der Waals surface area contributed by atoms with E-state index in [1.165, 1.54) is 10.9 Å². The van der Waals surface area contributed by atoms with Gasteiger partial charge in [-0.15, -0.1) is 0 Å². The Balaban J connectivity index is 1.60. The molecule has 0 radical (unpaired) electrons. The zero-order valence-electron chi connectivity index (χ0n) is 14.0. The van der Waals surface area contributed by atoms with Gasteiger partial charge in [0, 0.05) is 18.4 Å². The SMILES string of the molecule is Cc1nn2cccnc2c1C(=O)OCC(=O)NC1CCCCC1C. The van der Waals surface area contributed by atoms with E-state index in [4.69, 9.17) is 4.74 Å². The van der Waals surface area contributed by atoms with Crippen molar-refractivity contribution in [2.75, 3.05) is 6.61 Å². The predicted molar refractivity (Wildman–Crippen MR) is 87.6 cm³/mol. The first-order valence-corrected chi connectivity index (χ1v) is 8.32. The molecule has 2 aromatic heterocycles. The summed E-state index contributed by atoms with van der Waals surface area (Å²) in [5, 5.41) is 7.19. The molecule has 7 nitrogen and oxygen atoms in total. The van der Waals surface area contributed by atoms with Crippen molar-refractivity contribution in [2.24, 2.45) is 5.92 Å². The minimum Gasteiger partial charge on any atom is -0.452 e. The molecular formula is C17H22N4O3. The van der Waals surface area contributed by atoms with Gasteiger partial charge in [0.05, 0.1) is 5.69 Å². The molecule has 128 valence electrons. The lowest BCUT2D eigenvalue weighted by Gasteiger charge is -2.29. The maximum atomic E-state index is 12.3. The van der Waals surface area contributed by atoms with Crippen LogP contribution in [0.1, 0.15) is 48.7 Å². The molecule has 2 unspecified atom stereocenters. The molecule has 0 saturated heterocycles. The Kier molecular flexibility index (Phi) is 4.78. The van der Waals surface area contributed by atoms with Crippen LogP contribution in [-0.4, -0.2) is 39.1 Å². The molecule has 1 aliphatic rings. The number of nitrogens with one attached hydrogen (secondary N) is 1. The van der Waals surface area contributed by atoms with Crippen molar-refractivity contribution in [3.8, 4) is 0 Å². The number of rotatable bonds is 4. The van der Waals surface area contributed by atoms with Crippen molar-refractivity contribution >= 4 is 17.5 Å². The Bertz CT molecular complexity index is 755. The molecule has 3 rings (SSSR count). The van der Waals surface area contributed by atoms with E-state index in [2.05, 4.69) is 22.3 Å². The average Bonchev–Trinajstić information content (AvgIpc) is 2.90. The van der Waals surface area contributed by atoms with Gasteiger partial charge in [-0.3, -0.25) is 4.79 Å². The van der Waals surface area contributed by atoms with Crippen LogP contribution in [0.2, 0.25) is 0 Å². The number of esters is 1. The summed E-state index contributed by atoms with van der Waals surface area (Å²) < 4.78 is 6.69. The van der Waals surface area contributed by atoms with Crippen LogP contribution in [0, 0.1) is 12.8 Å². The van der Waals surface area contributed by atoms with Crippen LogP contribution in [0.5, 0.6) is 0 Å². The van der Waals surface area contributed by atoms with Gasteiger partial charge in [-0.2, -0.15) is 5.10 Å². The molecule has 2 heterocycles. The van der Waals surface area contributed by atoms with Crippen LogP contribution < -0.4 is 5.32 Å². The molecule has 0 spiro atoms. The number of ether oxygens (including phenoxy) is 1. The van der Waals surface area contributed by atoms with Crippen LogP contribution in [0.3, 0.4) is 0 Å². The summed E-state index contributed by atoms with van der Waals surface area (Å²) >= 11 is 0. The Morgan fingerprint density at radius 1 is 1.38 bits per heavy atom. The quantitative estimate of drug-likeness (QED) is 0.865. The number of hydrogen-bond acceptors (Lipinski definition) is 5. The van der Waals surface area contributed by atoms with Gasteiger partial charge in [-0.05, 0) is 31.7 Å². The molecule has 1 saturated carbocycles. The van der Waals surface area contributed by atoms with E-state index < -0.39 is 5.97 Å². The van der Waals surface area contributed by atoms with Gasteiger partial charge in [0.1, 0.15) is 5.56 Å². The number of hydrogen-bond donors (Lipinski definition) is 1. The van der Waals surface area contributed by atoms with E-state index in [1.54, 1.807) is 25.4 Å². The van der Waals surface area contributed by atoms with Crippen molar-refractivity contribution in [3.63, 3.8) is 0 Å². The van der Waals surface area contributed by atoms with E-state index in [1.807, 2.05) is 0 Å². The van der Waals surface area contributed by atoms with E-state index >= 15 is 0 Å². The van der Waals surface area contributed by atoms with Crippen molar-refractivity contribution in [1.29, 1.82) is 0 Å². The molecule has 24 heavy (non-hydrogen) atoms. The first kappa shape index (κ1) is 16.4. The second-order valence-electron chi connectivity index (χ2n) is 6.36. The molecular weight excluding hydrogens is 308 g/mol. The summed E-state index contributed by atoms with van der Waals surface area (Å²) in [6, 6.07) is 1.90. The van der Waals surface area contributed by atoms with Gasteiger partial charge < -0.3 is 10.1 Å². The monoisotopic (exact) mass is 330 g/mol. The molecule has 2 aromatic rings. The number of fused-ring (bicyclic) bond motifs is 1. The minimum absolute atomic E-state index is 0.172. The fourth-order valence-corrected chi connectivity index (χ4v) is 3.22. The highest BCUT2D eigenvalue weighted by Gasteiger charge is 2.24. The van der Waals surface area contributed by atoms with Crippen LogP contribution in [0.25, 0.3) is 5.65 Å². The van der Waals surface area contributed by atoms with E-state index in [9.17, 15) is 9.59 Å². The van der Waals surface area contributed by atoms with E-state index in [0.717, 1.165) is 19.3 Å². The van der Waals surface area contributed by atoms with Gasteiger partial charge in [-0.1, -0.05) is 19.8 Å². The zero-order valence-corrected chi connectivity index (χ0v) is 14.0. The Labute approximate surface area is 140 Å². The lowest BCUT2D eigenvalue weighted by atomic mass is 9.86. The molecule has 0 bridgehead atoms. The summed E-state index contributed by atoms with van der Waals surface area (Å²) in [6.45, 7) is 3.57. The fraction of sp³-hybridized carbons (Fsp3) is 0.529. The zero-order chi connectivity index (χ0) is 17.1. The smallest absolute Gasteiger partial charge is 0.344 e. The third-order valence-corrected chi connectivity index (χ3v) is 4.57. The normalized spacial score (nSPS) is 20.8. The largest absolute Gasteiger partial charge is 0.452 e. The molecule has 1 fully saturated rings. The van der Waals surface area contributed by atoms with Crippen molar-refractivity contribution < 1.29 is 14.3 Å². The fourth-order valence-electron chi connectivity index (χ4n) is 3.22. The highest BCUT2D eigenvalue weighted by molar-refractivity contribution is 5.98. The first-order chi connectivity index (χ1) is 11.6. The third kappa shape index (κ3) is 3.39. The van der Waals surface area contributed by atoms with Crippen LogP contribution >= 0.6 is 0 Å². The van der Waals surface area contributed by atoms with E-state index in [-0.39, 0.29) is 18.6 Å². The topological polar surface area (TPSA) is 85.6 Å². The highest BCUT2D eigenvalue weighted by Crippen LogP contribution is 2.23. The summed E-state index contributed by atoms with van der Waals surface area (Å²) in [5.41, 5.74) is 1.26.